The standard InChI is InChI=1S/C12H25NO2/c1-4-12(5-2,10-14)9-13-7-6-11(3,15)8-13/h14-15H,4-10H2,1-3H3. The third kappa shape index (κ3) is 3.16. The van der Waals surface area contributed by atoms with E-state index in [0.29, 0.717) is 0 Å². The van der Waals surface area contributed by atoms with Gasteiger partial charge in [0.05, 0.1) is 5.60 Å². The Morgan fingerprint density at radius 1 is 1.33 bits per heavy atom. The molecule has 2 N–H and O–H groups in total. The Hall–Kier alpha value is -0.120. The average Bonchev–Trinajstić information content (AvgIpc) is 2.55. The van der Waals surface area contributed by atoms with Crippen LogP contribution in [-0.4, -0.2) is 47.0 Å². The van der Waals surface area contributed by atoms with Gasteiger partial charge in [-0.05, 0) is 26.2 Å². The minimum atomic E-state index is -0.525. The van der Waals surface area contributed by atoms with E-state index < -0.39 is 5.60 Å². The van der Waals surface area contributed by atoms with Crippen LogP contribution in [0.3, 0.4) is 0 Å². The molecular formula is C12H25NO2. The zero-order valence-corrected chi connectivity index (χ0v) is 10.3. The Labute approximate surface area is 93.1 Å². The molecule has 0 aromatic rings. The van der Waals surface area contributed by atoms with Crippen molar-refractivity contribution < 1.29 is 10.2 Å². The van der Waals surface area contributed by atoms with Gasteiger partial charge in [-0.2, -0.15) is 0 Å². The number of β-amino-alcohol motifs (C(OH)–C–C–N with tert-alkyl or cyclic N) is 1. The molecule has 1 unspecified atom stereocenters. The third-order valence-electron chi connectivity index (χ3n) is 3.93. The molecule has 3 heteroatoms. The van der Waals surface area contributed by atoms with E-state index in [0.717, 1.165) is 38.9 Å². The molecule has 15 heavy (non-hydrogen) atoms. The number of rotatable bonds is 5. The van der Waals surface area contributed by atoms with Crippen LogP contribution in [0.4, 0.5) is 0 Å². The summed E-state index contributed by atoms with van der Waals surface area (Å²) in [6.45, 7) is 9.02. The van der Waals surface area contributed by atoms with Crippen molar-refractivity contribution in [3.05, 3.63) is 0 Å². The Morgan fingerprint density at radius 2 is 1.93 bits per heavy atom. The normalized spacial score (nSPS) is 28.6. The van der Waals surface area contributed by atoms with Crippen molar-refractivity contribution in [1.29, 1.82) is 0 Å². The van der Waals surface area contributed by atoms with Crippen molar-refractivity contribution in [2.75, 3.05) is 26.2 Å². The maximum Gasteiger partial charge on any atom is 0.0758 e. The minimum absolute atomic E-state index is 0.0282. The molecule has 0 aliphatic carbocycles. The highest BCUT2D eigenvalue weighted by Crippen LogP contribution is 2.30. The molecule has 1 rings (SSSR count). The molecule has 1 heterocycles. The largest absolute Gasteiger partial charge is 0.396 e. The Kier molecular flexibility index (Phi) is 4.15. The molecule has 0 saturated carbocycles. The van der Waals surface area contributed by atoms with Crippen molar-refractivity contribution in [2.45, 2.75) is 45.6 Å². The number of aliphatic hydroxyl groups is 2. The molecule has 1 aliphatic rings. The van der Waals surface area contributed by atoms with Crippen LogP contribution in [0.15, 0.2) is 0 Å². The molecule has 0 aromatic carbocycles. The number of likely N-dealkylation sites (tertiary alicyclic amines) is 1. The molecule has 0 radical (unpaired) electrons. The minimum Gasteiger partial charge on any atom is -0.396 e. The van der Waals surface area contributed by atoms with Gasteiger partial charge in [-0.15, -0.1) is 0 Å². The quantitative estimate of drug-likeness (QED) is 0.725. The summed E-state index contributed by atoms with van der Waals surface area (Å²) in [4.78, 5) is 2.28. The van der Waals surface area contributed by atoms with Gasteiger partial charge in [0.1, 0.15) is 0 Å². The monoisotopic (exact) mass is 215 g/mol. The zero-order chi connectivity index (χ0) is 11.5. The van der Waals surface area contributed by atoms with E-state index in [2.05, 4.69) is 18.7 Å². The third-order valence-corrected chi connectivity index (χ3v) is 3.93. The summed E-state index contributed by atoms with van der Waals surface area (Å²) in [5, 5.41) is 19.4. The van der Waals surface area contributed by atoms with Gasteiger partial charge in [0.2, 0.25) is 0 Å². The lowest BCUT2D eigenvalue weighted by atomic mass is 9.83. The van der Waals surface area contributed by atoms with Gasteiger partial charge in [0.25, 0.3) is 0 Å². The second kappa shape index (κ2) is 4.81. The van der Waals surface area contributed by atoms with Crippen molar-refractivity contribution in [2.24, 2.45) is 5.41 Å². The first kappa shape index (κ1) is 12.9. The van der Waals surface area contributed by atoms with E-state index in [1.165, 1.54) is 0 Å². The summed E-state index contributed by atoms with van der Waals surface area (Å²) in [7, 11) is 0. The van der Waals surface area contributed by atoms with E-state index in [-0.39, 0.29) is 12.0 Å². The average molecular weight is 215 g/mol. The van der Waals surface area contributed by atoms with Crippen LogP contribution < -0.4 is 0 Å². The summed E-state index contributed by atoms with van der Waals surface area (Å²) in [5.41, 5.74) is -0.497. The maximum absolute atomic E-state index is 9.88. The molecule has 3 nitrogen and oxygen atoms in total. The fourth-order valence-corrected chi connectivity index (χ4v) is 2.40. The van der Waals surface area contributed by atoms with Gasteiger partial charge in [0.15, 0.2) is 0 Å². The second-order valence-corrected chi connectivity index (χ2v) is 5.32. The Morgan fingerprint density at radius 3 is 2.27 bits per heavy atom. The maximum atomic E-state index is 9.88. The number of aliphatic hydroxyl groups excluding tert-OH is 1. The molecule has 0 aromatic heterocycles. The Balaban J connectivity index is 2.53. The summed E-state index contributed by atoms with van der Waals surface area (Å²) in [5.74, 6) is 0. The SMILES string of the molecule is CCC(CC)(CO)CN1CCC(C)(O)C1. The molecule has 1 saturated heterocycles. The van der Waals surface area contributed by atoms with E-state index >= 15 is 0 Å². The highest BCUT2D eigenvalue weighted by molar-refractivity contribution is 4.89. The molecule has 1 atom stereocenters. The van der Waals surface area contributed by atoms with Crippen LogP contribution >= 0.6 is 0 Å². The molecule has 90 valence electrons. The number of hydrogen-bond acceptors (Lipinski definition) is 3. The van der Waals surface area contributed by atoms with Gasteiger partial charge in [-0.1, -0.05) is 13.8 Å². The fraction of sp³-hybridized carbons (Fsp3) is 1.00. The number of nitrogens with zero attached hydrogens (tertiary/aromatic N) is 1. The lowest BCUT2D eigenvalue weighted by molar-refractivity contribution is 0.0431. The van der Waals surface area contributed by atoms with Crippen LogP contribution in [-0.2, 0) is 0 Å². The lowest BCUT2D eigenvalue weighted by Crippen LogP contribution is -2.40. The molecule has 0 bridgehead atoms. The summed E-state index contributed by atoms with van der Waals surface area (Å²) >= 11 is 0. The molecule has 1 aliphatic heterocycles. The molecular weight excluding hydrogens is 190 g/mol. The van der Waals surface area contributed by atoms with Gasteiger partial charge >= 0.3 is 0 Å². The van der Waals surface area contributed by atoms with E-state index in [1.807, 2.05) is 6.92 Å². The molecule has 1 fully saturated rings. The van der Waals surface area contributed by atoms with Gasteiger partial charge in [-0.25, -0.2) is 0 Å². The topological polar surface area (TPSA) is 43.7 Å². The lowest BCUT2D eigenvalue weighted by Gasteiger charge is -2.34. The van der Waals surface area contributed by atoms with Gasteiger partial charge in [-0.3, -0.25) is 4.90 Å². The van der Waals surface area contributed by atoms with Crippen LogP contribution in [0.5, 0.6) is 0 Å². The summed E-state index contributed by atoms with van der Waals surface area (Å²) in [6, 6.07) is 0. The molecule has 0 spiro atoms. The van der Waals surface area contributed by atoms with Crippen molar-refractivity contribution >= 4 is 0 Å². The van der Waals surface area contributed by atoms with Gasteiger partial charge < -0.3 is 10.2 Å². The van der Waals surface area contributed by atoms with Crippen LogP contribution in [0.2, 0.25) is 0 Å². The highest BCUT2D eigenvalue weighted by atomic mass is 16.3. The van der Waals surface area contributed by atoms with Crippen LogP contribution in [0.25, 0.3) is 0 Å². The Bertz CT molecular complexity index is 192. The van der Waals surface area contributed by atoms with E-state index in [1.54, 1.807) is 0 Å². The summed E-state index contributed by atoms with van der Waals surface area (Å²) < 4.78 is 0. The van der Waals surface area contributed by atoms with E-state index in [9.17, 15) is 10.2 Å². The number of hydrogen-bond donors (Lipinski definition) is 2. The van der Waals surface area contributed by atoms with Crippen LogP contribution in [0.1, 0.15) is 40.0 Å². The predicted octanol–water partition coefficient (Wildman–Crippen LogP) is 1.24. The van der Waals surface area contributed by atoms with E-state index in [4.69, 9.17) is 0 Å². The first-order valence-corrected chi connectivity index (χ1v) is 6.02. The van der Waals surface area contributed by atoms with Crippen molar-refractivity contribution in [1.82, 2.24) is 4.90 Å². The first-order chi connectivity index (χ1) is 6.97. The zero-order valence-electron chi connectivity index (χ0n) is 10.3. The predicted molar refractivity (Wildman–Crippen MR) is 61.8 cm³/mol. The van der Waals surface area contributed by atoms with Crippen LogP contribution in [0, 0.1) is 5.41 Å². The smallest absolute Gasteiger partial charge is 0.0758 e. The first-order valence-electron chi connectivity index (χ1n) is 6.02. The summed E-state index contributed by atoms with van der Waals surface area (Å²) in [6.07, 6.45) is 2.85. The van der Waals surface area contributed by atoms with Gasteiger partial charge in [0, 0.05) is 31.7 Å². The van der Waals surface area contributed by atoms with Crippen molar-refractivity contribution in [3.63, 3.8) is 0 Å². The van der Waals surface area contributed by atoms with Crippen molar-refractivity contribution in [3.8, 4) is 0 Å². The second-order valence-electron chi connectivity index (χ2n) is 5.32. The molecule has 0 amide bonds. The fourth-order valence-electron chi connectivity index (χ4n) is 2.40. The highest BCUT2D eigenvalue weighted by Gasteiger charge is 2.36.